The third-order valence-electron chi connectivity index (χ3n) is 3.92. The summed E-state index contributed by atoms with van der Waals surface area (Å²) in [7, 11) is 0. The molecule has 0 fully saturated rings. The molecule has 0 spiro atoms. The van der Waals surface area contributed by atoms with Gasteiger partial charge >= 0.3 is 0 Å². The second kappa shape index (κ2) is 6.65. The van der Waals surface area contributed by atoms with Crippen LogP contribution in [-0.4, -0.2) is 17.3 Å². The standard InChI is InChI=1S/C17H24N2S/c1-4-19-17(3,12-18)11-13(2)20-16-9-8-14-6-5-7-15(14)10-16/h8-10,13,19H,4-7,11H2,1-3H3. The van der Waals surface area contributed by atoms with Crippen molar-refractivity contribution in [2.24, 2.45) is 0 Å². The molecule has 0 saturated carbocycles. The highest BCUT2D eigenvalue weighted by Gasteiger charge is 2.25. The highest BCUT2D eigenvalue weighted by Crippen LogP contribution is 2.32. The summed E-state index contributed by atoms with van der Waals surface area (Å²) in [6, 6.07) is 9.28. The van der Waals surface area contributed by atoms with E-state index in [9.17, 15) is 5.26 Å². The minimum atomic E-state index is -0.419. The highest BCUT2D eigenvalue weighted by atomic mass is 32.2. The van der Waals surface area contributed by atoms with Gasteiger partial charge in [-0.15, -0.1) is 11.8 Å². The number of benzene rings is 1. The summed E-state index contributed by atoms with van der Waals surface area (Å²) in [6.07, 6.45) is 4.62. The Balaban J connectivity index is 1.98. The Kier molecular flexibility index (Phi) is 5.12. The van der Waals surface area contributed by atoms with Crippen LogP contribution in [0.3, 0.4) is 0 Å². The summed E-state index contributed by atoms with van der Waals surface area (Å²) in [5.41, 5.74) is 2.63. The van der Waals surface area contributed by atoms with Gasteiger partial charge in [0.1, 0.15) is 5.54 Å². The minimum Gasteiger partial charge on any atom is -0.300 e. The van der Waals surface area contributed by atoms with Gasteiger partial charge in [0, 0.05) is 10.1 Å². The van der Waals surface area contributed by atoms with Crippen molar-refractivity contribution in [2.45, 2.75) is 62.1 Å². The van der Waals surface area contributed by atoms with Crippen LogP contribution in [0.5, 0.6) is 0 Å². The number of thioether (sulfide) groups is 1. The Morgan fingerprint density at radius 3 is 2.85 bits per heavy atom. The third kappa shape index (κ3) is 3.77. The smallest absolute Gasteiger partial charge is 0.104 e. The normalized spacial score (nSPS) is 18.1. The van der Waals surface area contributed by atoms with Crippen LogP contribution in [0, 0.1) is 11.3 Å². The van der Waals surface area contributed by atoms with Crippen molar-refractivity contribution in [3.63, 3.8) is 0 Å². The molecule has 2 rings (SSSR count). The van der Waals surface area contributed by atoms with Gasteiger partial charge in [-0.05, 0) is 62.4 Å². The van der Waals surface area contributed by atoms with E-state index in [0.29, 0.717) is 5.25 Å². The van der Waals surface area contributed by atoms with Crippen LogP contribution in [0.4, 0.5) is 0 Å². The molecule has 1 N–H and O–H groups in total. The van der Waals surface area contributed by atoms with Crippen LogP contribution in [-0.2, 0) is 12.8 Å². The van der Waals surface area contributed by atoms with E-state index < -0.39 is 5.54 Å². The van der Waals surface area contributed by atoms with E-state index >= 15 is 0 Å². The number of hydrogen-bond acceptors (Lipinski definition) is 3. The van der Waals surface area contributed by atoms with E-state index in [1.165, 1.54) is 35.3 Å². The lowest BCUT2D eigenvalue weighted by Gasteiger charge is -2.25. The molecule has 20 heavy (non-hydrogen) atoms. The van der Waals surface area contributed by atoms with E-state index in [4.69, 9.17) is 0 Å². The molecule has 0 radical (unpaired) electrons. The molecule has 1 aliphatic carbocycles. The number of nitriles is 1. The van der Waals surface area contributed by atoms with Crippen molar-refractivity contribution >= 4 is 11.8 Å². The Morgan fingerprint density at radius 1 is 1.40 bits per heavy atom. The molecule has 1 aromatic carbocycles. The van der Waals surface area contributed by atoms with Crippen molar-refractivity contribution in [2.75, 3.05) is 6.54 Å². The average Bonchev–Trinajstić information content (AvgIpc) is 2.86. The molecule has 1 aliphatic rings. The molecule has 2 nitrogen and oxygen atoms in total. The first kappa shape index (κ1) is 15.4. The van der Waals surface area contributed by atoms with Crippen molar-refractivity contribution in [1.82, 2.24) is 5.32 Å². The van der Waals surface area contributed by atoms with Crippen LogP contribution < -0.4 is 5.32 Å². The topological polar surface area (TPSA) is 35.8 Å². The van der Waals surface area contributed by atoms with Gasteiger partial charge in [0.15, 0.2) is 0 Å². The van der Waals surface area contributed by atoms with Gasteiger partial charge in [-0.3, -0.25) is 5.32 Å². The van der Waals surface area contributed by atoms with Crippen LogP contribution >= 0.6 is 11.8 Å². The summed E-state index contributed by atoms with van der Waals surface area (Å²) < 4.78 is 0. The number of nitrogens with zero attached hydrogens (tertiary/aromatic N) is 1. The molecular weight excluding hydrogens is 264 g/mol. The fourth-order valence-electron chi connectivity index (χ4n) is 3.02. The van der Waals surface area contributed by atoms with Gasteiger partial charge in [0.25, 0.3) is 0 Å². The maximum absolute atomic E-state index is 9.34. The molecule has 0 amide bonds. The molecule has 0 bridgehead atoms. The second-order valence-corrected chi connectivity index (χ2v) is 7.40. The van der Waals surface area contributed by atoms with Crippen LogP contribution in [0.15, 0.2) is 23.1 Å². The maximum atomic E-state index is 9.34. The zero-order chi connectivity index (χ0) is 14.6. The van der Waals surface area contributed by atoms with E-state index in [1.807, 2.05) is 25.6 Å². The predicted octanol–water partition coefficient (Wildman–Crippen LogP) is 3.94. The zero-order valence-electron chi connectivity index (χ0n) is 12.7. The number of rotatable bonds is 6. The summed E-state index contributed by atoms with van der Waals surface area (Å²) >= 11 is 1.89. The summed E-state index contributed by atoms with van der Waals surface area (Å²) in [5, 5.41) is 13.1. The Bertz CT molecular complexity index is 506. The first-order chi connectivity index (χ1) is 9.56. The zero-order valence-corrected chi connectivity index (χ0v) is 13.5. The van der Waals surface area contributed by atoms with Gasteiger partial charge < -0.3 is 0 Å². The van der Waals surface area contributed by atoms with Gasteiger partial charge in [0.2, 0.25) is 0 Å². The largest absolute Gasteiger partial charge is 0.300 e. The molecule has 2 unspecified atom stereocenters. The second-order valence-electron chi connectivity index (χ2n) is 5.89. The lowest BCUT2D eigenvalue weighted by molar-refractivity contribution is 0.429. The number of nitrogens with one attached hydrogen (secondary N) is 1. The Morgan fingerprint density at radius 2 is 2.15 bits per heavy atom. The van der Waals surface area contributed by atoms with Crippen LogP contribution in [0.2, 0.25) is 0 Å². The lowest BCUT2D eigenvalue weighted by Crippen LogP contribution is -2.42. The third-order valence-corrected chi connectivity index (χ3v) is 5.01. The number of fused-ring (bicyclic) bond motifs is 1. The monoisotopic (exact) mass is 288 g/mol. The maximum Gasteiger partial charge on any atom is 0.104 e. The van der Waals surface area contributed by atoms with Gasteiger partial charge in [0.05, 0.1) is 6.07 Å². The predicted molar refractivity (Wildman–Crippen MR) is 86.1 cm³/mol. The van der Waals surface area contributed by atoms with Gasteiger partial charge in [-0.25, -0.2) is 0 Å². The first-order valence-electron chi connectivity index (χ1n) is 7.51. The molecule has 0 aromatic heterocycles. The molecule has 0 aliphatic heterocycles. The van der Waals surface area contributed by atoms with Gasteiger partial charge in [-0.2, -0.15) is 5.26 Å². The quantitative estimate of drug-likeness (QED) is 0.805. The van der Waals surface area contributed by atoms with Crippen LogP contribution in [0.1, 0.15) is 44.7 Å². The van der Waals surface area contributed by atoms with E-state index in [-0.39, 0.29) is 0 Å². The average molecular weight is 288 g/mol. The fraction of sp³-hybridized carbons (Fsp3) is 0.588. The summed E-state index contributed by atoms with van der Waals surface area (Å²) in [6.45, 7) is 7.09. The van der Waals surface area contributed by atoms with E-state index in [1.54, 1.807) is 0 Å². The molecule has 0 heterocycles. The minimum absolute atomic E-state index is 0.419. The SMILES string of the molecule is CCNC(C)(C#N)CC(C)Sc1ccc2c(c1)CCC2. The lowest BCUT2D eigenvalue weighted by atomic mass is 9.98. The van der Waals surface area contributed by atoms with Crippen molar-refractivity contribution in [3.05, 3.63) is 29.3 Å². The summed E-state index contributed by atoms with van der Waals surface area (Å²) in [5.74, 6) is 0. The molecule has 3 heteroatoms. The van der Waals surface area contributed by atoms with Crippen LogP contribution in [0.25, 0.3) is 0 Å². The van der Waals surface area contributed by atoms with Gasteiger partial charge in [-0.1, -0.05) is 19.9 Å². The Labute approximate surface area is 127 Å². The number of aryl methyl sites for hydroxylation is 2. The van der Waals surface area contributed by atoms with Crippen molar-refractivity contribution < 1.29 is 0 Å². The highest BCUT2D eigenvalue weighted by molar-refractivity contribution is 7.99. The summed E-state index contributed by atoms with van der Waals surface area (Å²) in [4.78, 5) is 1.34. The molecule has 108 valence electrons. The number of hydrogen-bond donors (Lipinski definition) is 1. The molecule has 1 aromatic rings. The molecule has 2 atom stereocenters. The van der Waals surface area contributed by atoms with E-state index in [2.05, 4.69) is 36.5 Å². The van der Waals surface area contributed by atoms with Crippen molar-refractivity contribution in [3.8, 4) is 6.07 Å². The van der Waals surface area contributed by atoms with Crippen molar-refractivity contribution in [1.29, 1.82) is 5.26 Å². The van der Waals surface area contributed by atoms with E-state index in [0.717, 1.165) is 13.0 Å². The Hall–Kier alpha value is -0.980. The molecular formula is C17H24N2S. The first-order valence-corrected chi connectivity index (χ1v) is 8.39. The fourth-order valence-corrected chi connectivity index (χ4v) is 4.26. The molecule has 0 saturated heterocycles.